The summed E-state index contributed by atoms with van der Waals surface area (Å²) >= 11 is 0. The van der Waals surface area contributed by atoms with Gasteiger partial charge in [-0.2, -0.15) is 0 Å². The third-order valence-electron chi connectivity index (χ3n) is 2.21. The van der Waals surface area contributed by atoms with E-state index in [1.54, 1.807) is 0 Å². The number of nitrogens with two attached hydrogens (primary N) is 1. The molecule has 0 saturated carbocycles. The molecule has 0 radical (unpaired) electrons. The lowest BCUT2D eigenvalue weighted by Crippen LogP contribution is -2.44. The zero-order valence-electron chi connectivity index (χ0n) is 8.65. The average molecular weight is 215 g/mol. The highest BCUT2D eigenvalue weighted by Gasteiger charge is 2.20. The maximum atomic E-state index is 11.5. The van der Waals surface area contributed by atoms with E-state index in [0.717, 1.165) is 17.7 Å². The van der Waals surface area contributed by atoms with Crippen LogP contribution in [0.15, 0.2) is 0 Å². The minimum absolute atomic E-state index is 0.252. The zero-order valence-corrected chi connectivity index (χ0v) is 8.65. The van der Waals surface area contributed by atoms with Crippen LogP contribution in [-0.2, 0) is 9.53 Å². The molecule has 0 aromatic carbocycles. The van der Waals surface area contributed by atoms with E-state index in [4.69, 9.17) is 10.5 Å². The van der Waals surface area contributed by atoms with Crippen molar-refractivity contribution in [2.24, 2.45) is 5.73 Å². The topological polar surface area (TPSA) is 84.7 Å². The Hall–Kier alpha value is -1.14. The van der Waals surface area contributed by atoms with Crippen LogP contribution in [0.5, 0.6) is 0 Å². The van der Waals surface area contributed by atoms with Gasteiger partial charge in [-0.05, 0) is 25.8 Å². The lowest BCUT2D eigenvalue weighted by Gasteiger charge is -2.18. The Labute approximate surface area is 88.7 Å². The van der Waals surface area contributed by atoms with Gasteiger partial charge < -0.3 is 15.8 Å². The van der Waals surface area contributed by atoms with Gasteiger partial charge in [0.2, 0.25) is 6.41 Å². The first-order valence-electron chi connectivity index (χ1n) is 5.12. The Bertz CT molecular complexity index is 217. The number of nitrogens with zero attached hydrogens (tertiary/aromatic N) is 1. The third-order valence-corrected chi connectivity index (χ3v) is 2.21. The fourth-order valence-electron chi connectivity index (χ4n) is 1.38. The smallest absolute Gasteiger partial charge is 0.325 e. The molecule has 1 fully saturated rings. The largest absolute Gasteiger partial charge is 0.358 e. The molecule has 3 N–H and O–H groups in total. The first kappa shape index (κ1) is 11.9. The molecule has 3 amide bonds. The lowest BCUT2D eigenvalue weighted by atomic mass is 10.3. The molecule has 6 heteroatoms. The Morgan fingerprint density at radius 2 is 2.47 bits per heavy atom. The van der Waals surface area contributed by atoms with Crippen LogP contribution < -0.4 is 11.1 Å². The molecule has 86 valence electrons. The van der Waals surface area contributed by atoms with Crippen molar-refractivity contribution in [3.05, 3.63) is 0 Å². The van der Waals surface area contributed by atoms with Gasteiger partial charge in [0.15, 0.2) is 0 Å². The first-order chi connectivity index (χ1) is 7.27. The van der Waals surface area contributed by atoms with Gasteiger partial charge in [-0.15, -0.1) is 0 Å². The average Bonchev–Trinajstić information content (AvgIpc) is 2.71. The normalized spacial score (nSPS) is 19.9. The summed E-state index contributed by atoms with van der Waals surface area (Å²) in [6, 6.07) is -0.412. The van der Waals surface area contributed by atoms with Crippen molar-refractivity contribution < 1.29 is 14.3 Å². The molecular weight excluding hydrogens is 198 g/mol. The van der Waals surface area contributed by atoms with Gasteiger partial charge in [-0.3, -0.25) is 9.69 Å². The monoisotopic (exact) mass is 215 g/mol. The molecule has 15 heavy (non-hydrogen) atoms. The van der Waals surface area contributed by atoms with Crippen LogP contribution in [0.4, 0.5) is 4.79 Å². The molecule has 1 heterocycles. The molecule has 0 aliphatic carbocycles. The highest BCUT2D eigenvalue weighted by atomic mass is 16.5. The number of carbonyl (C=O) groups is 2. The molecule has 1 atom stereocenters. The van der Waals surface area contributed by atoms with Crippen LogP contribution in [0.1, 0.15) is 19.3 Å². The Morgan fingerprint density at radius 1 is 1.67 bits per heavy atom. The van der Waals surface area contributed by atoms with Crippen molar-refractivity contribution in [1.29, 1.82) is 0 Å². The summed E-state index contributed by atoms with van der Waals surface area (Å²) in [5.41, 5.74) is 5.30. The van der Waals surface area contributed by atoms with Crippen LogP contribution in [0.3, 0.4) is 0 Å². The quantitative estimate of drug-likeness (QED) is 0.613. The maximum absolute atomic E-state index is 11.5. The molecule has 0 aromatic heterocycles. The van der Waals surface area contributed by atoms with Crippen LogP contribution >= 0.6 is 0 Å². The molecule has 1 saturated heterocycles. The second-order valence-corrected chi connectivity index (χ2v) is 3.39. The number of ether oxygens (including phenoxy) is 1. The molecule has 0 bridgehead atoms. The number of urea groups is 1. The molecule has 0 aromatic rings. The van der Waals surface area contributed by atoms with Crippen LogP contribution in [0.2, 0.25) is 0 Å². The standard InChI is InChI=1S/C9H17N3O3/c10-4-2-5-12(7-13)9(14)11-8-3-1-6-15-8/h7-8H,1-6,10H2,(H,11,14). The summed E-state index contributed by atoms with van der Waals surface area (Å²) < 4.78 is 5.22. The number of carbonyl (C=O) groups excluding carboxylic acids is 2. The summed E-state index contributed by atoms with van der Waals surface area (Å²) in [6.07, 6.45) is 2.61. The van der Waals surface area contributed by atoms with Crippen LogP contribution in [0, 0.1) is 0 Å². The van der Waals surface area contributed by atoms with Crippen LogP contribution in [0.25, 0.3) is 0 Å². The van der Waals surface area contributed by atoms with E-state index in [1.165, 1.54) is 0 Å². The minimum Gasteiger partial charge on any atom is -0.358 e. The molecular formula is C9H17N3O3. The number of hydrogen-bond donors (Lipinski definition) is 2. The van der Waals surface area contributed by atoms with Gasteiger partial charge in [0, 0.05) is 13.2 Å². The van der Waals surface area contributed by atoms with Gasteiger partial charge in [-0.1, -0.05) is 0 Å². The molecule has 0 spiro atoms. The number of imide groups is 1. The number of hydrogen-bond acceptors (Lipinski definition) is 4. The SMILES string of the molecule is NCCCN(C=O)C(=O)NC1CCCO1. The third kappa shape index (κ3) is 3.85. The van der Waals surface area contributed by atoms with Crippen molar-refractivity contribution in [1.82, 2.24) is 10.2 Å². The Kier molecular flexibility index (Phi) is 5.06. The predicted octanol–water partition coefficient (Wildman–Crippen LogP) is -0.360. The molecule has 1 aliphatic rings. The van der Waals surface area contributed by atoms with Gasteiger partial charge >= 0.3 is 6.03 Å². The highest BCUT2D eigenvalue weighted by Crippen LogP contribution is 2.09. The van der Waals surface area contributed by atoms with Crippen molar-refractivity contribution >= 4 is 12.4 Å². The van der Waals surface area contributed by atoms with E-state index >= 15 is 0 Å². The number of nitrogens with one attached hydrogen (secondary N) is 1. The van der Waals surface area contributed by atoms with E-state index in [1.807, 2.05) is 0 Å². The number of amides is 3. The molecule has 6 nitrogen and oxygen atoms in total. The first-order valence-corrected chi connectivity index (χ1v) is 5.12. The second-order valence-electron chi connectivity index (χ2n) is 3.39. The summed E-state index contributed by atoms with van der Waals surface area (Å²) in [7, 11) is 0. The van der Waals surface area contributed by atoms with E-state index in [2.05, 4.69) is 5.32 Å². The highest BCUT2D eigenvalue weighted by molar-refractivity contribution is 5.84. The van der Waals surface area contributed by atoms with E-state index in [0.29, 0.717) is 32.5 Å². The Morgan fingerprint density at radius 3 is 3.00 bits per heavy atom. The van der Waals surface area contributed by atoms with Gasteiger partial charge in [0.25, 0.3) is 0 Å². The van der Waals surface area contributed by atoms with Gasteiger partial charge in [0.1, 0.15) is 6.23 Å². The molecule has 1 unspecified atom stereocenters. The summed E-state index contributed by atoms with van der Waals surface area (Å²) in [6.45, 7) is 1.46. The summed E-state index contributed by atoms with van der Waals surface area (Å²) in [5.74, 6) is 0. The van der Waals surface area contributed by atoms with Crippen LogP contribution in [-0.4, -0.2) is 43.3 Å². The second kappa shape index (κ2) is 6.36. The Balaban J connectivity index is 2.31. The molecule has 1 aliphatic heterocycles. The summed E-state index contributed by atoms with van der Waals surface area (Å²) in [4.78, 5) is 23.2. The summed E-state index contributed by atoms with van der Waals surface area (Å²) in [5, 5.41) is 2.63. The number of rotatable bonds is 5. The predicted molar refractivity (Wildman–Crippen MR) is 53.9 cm³/mol. The lowest BCUT2D eigenvalue weighted by molar-refractivity contribution is -0.115. The van der Waals surface area contributed by atoms with Gasteiger partial charge in [-0.25, -0.2) is 4.79 Å². The van der Waals surface area contributed by atoms with Crippen molar-refractivity contribution in [2.45, 2.75) is 25.5 Å². The van der Waals surface area contributed by atoms with E-state index in [9.17, 15) is 9.59 Å². The van der Waals surface area contributed by atoms with E-state index < -0.39 is 6.03 Å². The van der Waals surface area contributed by atoms with Crippen molar-refractivity contribution in [2.75, 3.05) is 19.7 Å². The molecule has 1 rings (SSSR count). The van der Waals surface area contributed by atoms with Gasteiger partial charge in [0.05, 0.1) is 0 Å². The maximum Gasteiger partial charge on any atom is 0.325 e. The minimum atomic E-state index is -0.412. The zero-order chi connectivity index (χ0) is 11.1. The fourth-order valence-corrected chi connectivity index (χ4v) is 1.38. The van der Waals surface area contributed by atoms with Crippen molar-refractivity contribution in [3.63, 3.8) is 0 Å². The fraction of sp³-hybridized carbons (Fsp3) is 0.778. The van der Waals surface area contributed by atoms with E-state index in [-0.39, 0.29) is 6.23 Å². The van der Waals surface area contributed by atoms with Crippen molar-refractivity contribution in [3.8, 4) is 0 Å².